The van der Waals surface area contributed by atoms with E-state index < -0.39 is 0 Å². The van der Waals surface area contributed by atoms with Crippen molar-refractivity contribution in [2.75, 3.05) is 23.4 Å². The van der Waals surface area contributed by atoms with Gasteiger partial charge in [0.15, 0.2) is 0 Å². The number of nitrogens with one attached hydrogen (secondary N) is 1. The first kappa shape index (κ1) is 18.0. The lowest BCUT2D eigenvalue weighted by Gasteiger charge is -2.17. The lowest BCUT2D eigenvalue weighted by Crippen LogP contribution is -2.28. The highest BCUT2D eigenvalue weighted by atomic mass is 16.5. The van der Waals surface area contributed by atoms with E-state index in [4.69, 9.17) is 4.74 Å². The summed E-state index contributed by atoms with van der Waals surface area (Å²) >= 11 is 0. The highest BCUT2D eigenvalue weighted by molar-refractivity contribution is 6.03. The Morgan fingerprint density at radius 3 is 2.65 bits per heavy atom. The van der Waals surface area contributed by atoms with Gasteiger partial charge in [0.2, 0.25) is 11.8 Å². The van der Waals surface area contributed by atoms with Crippen LogP contribution in [-0.2, 0) is 9.59 Å². The number of carbonyl (C=O) groups excluding carboxylic acids is 2. The molecular weight excluding hydrogens is 328 g/mol. The number of nitrogens with zero attached hydrogens (tertiary/aromatic N) is 1. The van der Waals surface area contributed by atoms with Crippen molar-refractivity contribution >= 4 is 23.2 Å². The first-order valence-electron chi connectivity index (χ1n) is 8.98. The monoisotopic (exact) mass is 352 g/mol. The minimum absolute atomic E-state index is 0.0236. The van der Waals surface area contributed by atoms with Gasteiger partial charge in [0.1, 0.15) is 5.75 Å². The zero-order valence-electron chi connectivity index (χ0n) is 15.2. The van der Waals surface area contributed by atoms with Crippen LogP contribution in [0.25, 0.3) is 0 Å². The van der Waals surface area contributed by atoms with Gasteiger partial charge in [-0.05, 0) is 37.6 Å². The molecule has 136 valence electrons. The van der Waals surface area contributed by atoms with Crippen molar-refractivity contribution in [2.45, 2.75) is 26.7 Å². The molecule has 0 aliphatic carbocycles. The van der Waals surface area contributed by atoms with Crippen LogP contribution in [0, 0.1) is 12.8 Å². The molecule has 1 N–H and O–H groups in total. The maximum absolute atomic E-state index is 12.7. The van der Waals surface area contributed by atoms with Crippen LogP contribution in [-0.4, -0.2) is 25.0 Å². The molecule has 0 aromatic heterocycles. The first-order valence-corrected chi connectivity index (χ1v) is 8.98. The molecule has 1 unspecified atom stereocenters. The summed E-state index contributed by atoms with van der Waals surface area (Å²) in [7, 11) is 0. The van der Waals surface area contributed by atoms with E-state index in [1.165, 1.54) is 0 Å². The summed E-state index contributed by atoms with van der Waals surface area (Å²) in [5.74, 6) is 0.107. The van der Waals surface area contributed by atoms with E-state index in [0.717, 1.165) is 17.7 Å². The molecule has 2 aromatic rings. The molecule has 0 bridgehead atoms. The van der Waals surface area contributed by atoms with E-state index in [9.17, 15) is 9.59 Å². The Morgan fingerprint density at radius 2 is 1.92 bits per heavy atom. The fourth-order valence-corrected chi connectivity index (χ4v) is 3.00. The summed E-state index contributed by atoms with van der Waals surface area (Å²) in [5, 5.41) is 2.92. The van der Waals surface area contributed by atoms with Crippen LogP contribution in [0.4, 0.5) is 11.4 Å². The average molecular weight is 352 g/mol. The van der Waals surface area contributed by atoms with Gasteiger partial charge < -0.3 is 15.0 Å². The number of carbonyl (C=O) groups is 2. The second kappa shape index (κ2) is 8.04. The quantitative estimate of drug-likeness (QED) is 0.861. The summed E-state index contributed by atoms with van der Waals surface area (Å²) < 4.78 is 5.68. The molecule has 1 aliphatic heterocycles. The Kier molecular flexibility index (Phi) is 5.56. The molecule has 0 radical (unpaired) electrons. The van der Waals surface area contributed by atoms with Crippen molar-refractivity contribution in [3.8, 4) is 5.75 Å². The number of ether oxygens (including phenoxy) is 1. The molecule has 3 rings (SSSR count). The Hall–Kier alpha value is -2.82. The van der Waals surface area contributed by atoms with Gasteiger partial charge in [-0.25, -0.2) is 0 Å². The van der Waals surface area contributed by atoms with E-state index in [1.807, 2.05) is 62.4 Å². The van der Waals surface area contributed by atoms with Gasteiger partial charge in [0.05, 0.1) is 18.2 Å². The molecule has 2 amide bonds. The molecule has 0 saturated carbocycles. The molecule has 1 heterocycles. The number of hydrogen-bond acceptors (Lipinski definition) is 3. The van der Waals surface area contributed by atoms with E-state index in [1.54, 1.807) is 4.90 Å². The van der Waals surface area contributed by atoms with Gasteiger partial charge in [-0.1, -0.05) is 36.8 Å². The van der Waals surface area contributed by atoms with Gasteiger partial charge in [-0.15, -0.1) is 0 Å². The molecule has 1 aliphatic rings. The summed E-state index contributed by atoms with van der Waals surface area (Å²) in [5.41, 5.74) is 2.62. The normalized spacial score (nSPS) is 16.6. The summed E-state index contributed by atoms with van der Waals surface area (Å²) in [6.07, 6.45) is 1.11. The number of rotatable bonds is 6. The molecule has 1 atom stereocenters. The largest absolute Gasteiger partial charge is 0.491 e. The van der Waals surface area contributed by atoms with Gasteiger partial charge in [0.25, 0.3) is 0 Å². The van der Waals surface area contributed by atoms with E-state index >= 15 is 0 Å². The lowest BCUT2D eigenvalue weighted by atomic mass is 10.1. The molecule has 26 heavy (non-hydrogen) atoms. The predicted octanol–water partition coefficient (Wildman–Crippen LogP) is 3.78. The molecule has 2 aromatic carbocycles. The number of hydrogen-bond donors (Lipinski definition) is 1. The zero-order valence-corrected chi connectivity index (χ0v) is 15.2. The van der Waals surface area contributed by atoms with Gasteiger partial charge >= 0.3 is 0 Å². The summed E-state index contributed by atoms with van der Waals surface area (Å²) in [6.45, 7) is 5.02. The third-order valence-corrected chi connectivity index (χ3v) is 4.45. The van der Waals surface area contributed by atoms with Gasteiger partial charge in [-0.3, -0.25) is 9.59 Å². The summed E-state index contributed by atoms with van der Waals surface area (Å²) in [4.78, 5) is 26.7. The smallest absolute Gasteiger partial charge is 0.229 e. The van der Waals surface area contributed by atoms with Crippen LogP contribution in [0.2, 0.25) is 0 Å². The Labute approximate surface area is 154 Å². The fourth-order valence-electron chi connectivity index (χ4n) is 3.00. The highest BCUT2D eigenvalue weighted by Gasteiger charge is 2.35. The van der Waals surface area contributed by atoms with Gasteiger partial charge in [0, 0.05) is 18.7 Å². The molecule has 5 nitrogen and oxygen atoms in total. The number of para-hydroxylation sites is 2. The number of benzene rings is 2. The standard InChI is InChI=1S/C21H24N2O3/c1-3-12-26-19-7-5-4-6-18(19)22-21(25)16-13-20(24)23(14-16)17-10-8-15(2)9-11-17/h4-11,16H,3,12-14H2,1-2H3,(H,22,25). The number of aryl methyl sites for hydroxylation is 1. The molecule has 1 fully saturated rings. The SMILES string of the molecule is CCCOc1ccccc1NC(=O)C1CC(=O)N(c2ccc(C)cc2)C1. The van der Waals surface area contributed by atoms with Crippen molar-refractivity contribution in [2.24, 2.45) is 5.92 Å². The van der Waals surface area contributed by atoms with Crippen molar-refractivity contribution in [1.29, 1.82) is 0 Å². The number of amides is 2. The topological polar surface area (TPSA) is 58.6 Å². The van der Waals surface area contributed by atoms with E-state index in [0.29, 0.717) is 24.6 Å². The van der Waals surface area contributed by atoms with Crippen molar-refractivity contribution < 1.29 is 14.3 Å². The molecule has 1 saturated heterocycles. The first-order chi connectivity index (χ1) is 12.6. The average Bonchev–Trinajstić information content (AvgIpc) is 3.03. The third kappa shape index (κ3) is 4.04. The van der Waals surface area contributed by atoms with Crippen LogP contribution in [0.3, 0.4) is 0 Å². The third-order valence-electron chi connectivity index (χ3n) is 4.45. The minimum atomic E-state index is -0.372. The second-order valence-electron chi connectivity index (χ2n) is 6.57. The van der Waals surface area contributed by atoms with Crippen LogP contribution < -0.4 is 15.0 Å². The van der Waals surface area contributed by atoms with Gasteiger partial charge in [-0.2, -0.15) is 0 Å². The Bertz CT molecular complexity index is 786. The van der Waals surface area contributed by atoms with Crippen LogP contribution in [0.15, 0.2) is 48.5 Å². The lowest BCUT2D eigenvalue weighted by molar-refractivity contribution is -0.122. The minimum Gasteiger partial charge on any atom is -0.491 e. The highest BCUT2D eigenvalue weighted by Crippen LogP contribution is 2.28. The zero-order chi connectivity index (χ0) is 18.5. The Balaban J connectivity index is 1.68. The maximum atomic E-state index is 12.7. The van der Waals surface area contributed by atoms with Crippen LogP contribution >= 0.6 is 0 Å². The van der Waals surface area contributed by atoms with Crippen molar-refractivity contribution in [3.63, 3.8) is 0 Å². The van der Waals surface area contributed by atoms with E-state index in [2.05, 4.69) is 5.32 Å². The molecule has 5 heteroatoms. The van der Waals surface area contributed by atoms with Crippen LogP contribution in [0.1, 0.15) is 25.3 Å². The maximum Gasteiger partial charge on any atom is 0.229 e. The van der Waals surface area contributed by atoms with Crippen LogP contribution in [0.5, 0.6) is 5.75 Å². The summed E-state index contributed by atoms with van der Waals surface area (Å²) in [6, 6.07) is 15.2. The number of anilines is 2. The van der Waals surface area contributed by atoms with Crippen molar-refractivity contribution in [3.05, 3.63) is 54.1 Å². The van der Waals surface area contributed by atoms with Crippen molar-refractivity contribution in [1.82, 2.24) is 0 Å². The second-order valence-corrected chi connectivity index (χ2v) is 6.57. The fraction of sp³-hybridized carbons (Fsp3) is 0.333. The van der Waals surface area contributed by atoms with E-state index in [-0.39, 0.29) is 24.2 Å². The Morgan fingerprint density at radius 1 is 1.19 bits per heavy atom. The molecule has 0 spiro atoms. The predicted molar refractivity (Wildman–Crippen MR) is 102 cm³/mol. The molecular formula is C21H24N2O3.